The molecule has 0 bridgehead atoms. The molecule has 0 saturated carbocycles. The minimum atomic E-state index is -2.84. The van der Waals surface area contributed by atoms with Crippen LogP contribution in [0, 0.1) is 0 Å². The van der Waals surface area contributed by atoms with E-state index < -0.39 is 9.84 Å². The number of piperidine rings is 1. The molecule has 0 radical (unpaired) electrons. The van der Waals surface area contributed by atoms with Crippen LogP contribution in [0.2, 0.25) is 0 Å². The van der Waals surface area contributed by atoms with Gasteiger partial charge in [-0.3, -0.25) is 4.90 Å². The highest BCUT2D eigenvalue weighted by Gasteiger charge is 2.23. The Labute approximate surface area is 112 Å². The van der Waals surface area contributed by atoms with Gasteiger partial charge < -0.3 is 5.32 Å². The van der Waals surface area contributed by atoms with E-state index in [1.807, 2.05) is 0 Å². The maximum absolute atomic E-state index is 11.6. The second-order valence-corrected chi connectivity index (χ2v) is 7.96. The zero-order chi connectivity index (χ0) is 13.6. The molecule has 1 aliphatic heterocycles. The second kappa shape index (κ2) is 7.46. The van der Waals surface area contributed by atoms with Crippen LogP contribution < -0.4 is 5.32 Å². The van der Waals surface area contributed by atoms with Crippen molar-refractivity contribution in [3.8, 4) is 0 Å². The Morgan fingerprint density at radius 2 is 2.06 bits per heavy atom. The van der Waals surface area contributed by atoms with E-state index in [0.29, 0.717) is 24.4 Å². The van der Waals surface area contributed by atoms with Gasteiger partial charge in [-0.05, 0) is 19.4 Å². The zero-order valence-electron chi connectivity index (χ0n) is 12.0. The molecular weight excluding hydrogens is 248 g/mol. The summed E-state index contributed by atoms with van der Waals surface area (Å²) in [7, 11) is -2.84. The molecule has 108 valence electrons. The first-order chi connectivity index (χ1) is 8.44. The third-order valence-electron chi connectivity index (χ3n) is 3.64. The first-order valence-electron chi connectivity index (χ1n) is 7.12. The molecule has 0 spiro atoms. The van der Waals surface area contributed by atoms with Crippen molar-refractivity contribution in [2.75, 3.05) is 31.1 Å². The topological polar surface area (TPSA) is 49.4 Å². The van der Waals surface area contributed by atoms with Gasteiger partial charge in [0.05, 0.1) is 5.75 Å². The van der Waals surface area contributed by atoms with Crippen LogP contribution in [0.1, 0.15) is 40.0 Å². The van der Waals surface area contributed by atoms with Crippen LogP contribution in [0.15, 0.2) is 0 Å². The van der Waals surface area contributed by atoms with Crippen molar-refractivity contribution in [3.63, 3.8) is 0 Å². The molecule has 1 aliphatic rings. The second-order valence-electron chi connectivity index (χ2n) is 5.48. The molecule has 4 nitrogen and oxygen atoms in total. The van der Waals surface area contributed by atoms with E-state index in [9.17, 15) is 8.42 Å². The van der Waals surface area contributed by atoms with E-state index in [-0.39, 0.29) is 5.75 Å². The third-order valence-corrected chi connectivity index (χ3v) is 5.32. The molecule has 1 saturated heterocycles. The lowest BCUT2D eigenvalue weighted by molar-refractivity contribution is 0.152. The fraction of sp³-hybridized carbons (Fsp3) is 1.00. The molecule has 0 aliphatic carbocycles. The van der Waals surface area contributed by atoms with Crippen LogP contribution in [0.5, 0.6) is 0 Å². The number of rotatable bonds is 7. The predicted molar refractivity (Wildman–Crippen MR) is 76.7 cm³/mol. The summed E-state index contributed by atoms with van der Waals surface area (Å²) in [5.41, 5.74) is 0. The number of sulfone groups is 1. The molecule has 1 heterocycles. The van der Waals surface area contributed by atoms with Crippen molar-refractivity contribution in [1.29, 1.82) is 0 Å². The van der Waals surface area contributed by atoms with Crippen molar-refractivity contribution in [2.24, 2.45) is 0 Å². The molecule has 1 unspecified atom stereocenters. The van der Waals surface area contributed by atoms with Crippen LogP contribution >= 0.6 is 0 Å². The van der Waals surface area contributed by atoms with Crippen LogP contribution in [0.3, 0.4) is 0 Å². The number of likely N-dealkylation sites (tertiary alicyclic amines) is 1. The predicted octanol–water partition coefficient (Wildman–Crippen LogP) is 1.27. The van der Waals surface area contributed by atoms with Gasteiger partial charge in [-0.15, -0.1) is 0 Å². The Morgan fingerprint density at radius 3 is 2.67 bits per heavy atom. The third kappa shape index (κ3) is 5.67. The Hall–Kier alpha value is -0.130. The first-order valence-corrected chi connectivity index (χ1v) is 8.94. The van der Waals surface area contributed by atoms with E-state index in [0.717, 1.165) is 13.1 Å². The number of nitrogens with one attached hydrogen (secondary N) is 1. The Bertz CT molecular complexity index is 328. The van der Waals surface area contributed by atoms with Crippen LogP contribution in [-0.2, 0) is 9.84 Å². The molecular formula is C13H28N2O2S. The highest BCUT2D eigenvalue weighted by Crippen LogP contribution is 2.16. The van der Waals surface area contributed by atoms with Crippen molar-refractivity contribution in [2.45, 2.75) is 52.1 Å². The maximum atomic E-state index is 11.6. The van der Waals surface area contributed by atoms with E-state index in [4.69, 9.17) is 0 Å². The normalized spacial score (nSPS) is 22.6. The average molecular weight is 276 g/mol. The molecule has 0 amide bonds. The highest BCUT2D eigenvalue weighted by molar-refractivity contribution is 7.91. The Morgan fingerprint density at radius 1 is 1.33 bits per heavy atom. The number of nitrogens with zero attached hydrogens (tertiary/aromatic N) is 1. The lowest BCUT2D eigenvalue weighted by Gasteiger charge is -2.36. The molecule has 1 atom stereocenters. The summed E-state index contributed by atoms with van der Waals surface area (Å²) in [6, 6.07) is 1.00. The average Bonchev–Trinajstić information content (AvgIpc) is 2.35. The van der Waals surface area contributed by atoms with Gasteiger partial charge >= 0.3 is 0 Å². The minimum absolute atomic E-state index is 0.260. The van der Waals surface area contributed by atoms with Crippen molar-refractivity contribution in [3.05, 3.63) is 0 Å². The summed E-state index contributed by atoms with van der Waals surface area (Å²) in [6.45, 7) is 8.74. The lowest BCUT2D eigenvalue weighted by Crippen LogP contribution is -2.48. The van der Waals surface area contributed by atoms with Crippen LogP contribution in [0.25, 0.3) is 0 Å². The van der Waals surface area contributed by atoms with Crippen LogP contribution in [-0.4, -0.2) is 56.5 Å². The van der Waals surface area contributed by atoms with Gasteiger partial charge in [-0.2, -0.15) is 0 Å². The fourth-order valence-electron chi connectivity index (χ4n) is 2.36. The van der Waals surface area contributed by atoms with Gasteiger partial charge in [0.2, 0.25) is 0 Å². The Kier molecular flexibility index (Phi) is 6.60. The summed E-state index contributed by atoms with van der Waals surface area (Å²) >= 11 is 0. The van der Waals surface area contributed by atoms with Gasteiger partial charge in [0.1, 0.15) is 0 Å². The van der Waals surface area contributed by atoms with Crippen LogP contribution in [0.4, 0.5) is 0 Å². The van der Waals surface area contributed by atoms with Crippen molar-refractivity contribution < 1.29 is 8.42 Å². The number of hydrogen-bond donors (Lipinski definition) is 1. The van der Waals surface area contributed by atoms with Gasteiger partial charge in [0.15, 0.2) is 9.84 Å². The maximum Gasteiger partial charge on any atom is 0.151 e. The van der Waals surface area contributed by atoms with Gasteiger partial charge in [-0.1, -0.05) is 27.2 Å². The summed E-state index contributed by atoms with van der Waals surface area (Å²) in [5.74, 6) is 0.567. The van der Waals surface area contributed by atoms with E-state index >= 15 is 0 Å². The van der Waals surface area contributed by atoms with Crippen molar-refractivity contribution >= 4 is 9.84 Å². The molecule has 0 aromatic heterocycles. The summed E-state index contributed by atoms with van der Waals surface area (Å²) in [4.78, 5) is 2.35. The van der Waals surface area contributed by atoms with Gasteiger partial charge in [0.25, 0.3) is 0 Å². The largest absolute Gasteiger partial charge is 0.313 e. The Balaban J connectivity index is 2.44. The molecule has 5 heteroatoms. The SMILES string of the molecule is CCS(=O)(=O)CCN1CCCCC1CNC(C)C. The standard InChI is InChI=1S/C13H28N2O2S/c1-4-18(16,17)10-9-15-8-6-5-7-13(15)11-14-12(2)3/h12-14H,4-11H2,1-3H3. The summed E-state index contributed by atoms with van der Waals surface area (Å²) < 4.78 is 23.1. The van der Waals surface area contributed by atoms with Crippen molar-refractivity contribution in [1.82, 2.24) is 10.2 Å². The smallest absolute Gasteiger partial charge is 0.151 e. The minimum Gasteiger partial charge on any atom is -0.313 e. The van der Waals surface area contributed by atoms with E-state index in [1.54, 1.807) is 6.92 Å². The molecule has 18 heavy (non-hydrogen) atoms. The van der Waals surface area contributed by atoms with E-state index in [1.165, 1.54) is 19.3 Å². The van der Waals surface area contributed by atoms with E-state index in [2.05, 4.69) is 24.1 Å². The molecule has 1 rings (SSSR count). The molecule has 0 aromatic rings. The quantitative estimate of drug-likeness (QED) is 0.761. The molecule has 1 fully saturated rings. The first kappa shape index (κ1) is 15.9. The highest BCUT2D eigenvalue weighted by atomic mass is 32.2. The molecule has 1 N–H and O–H groups in total. The fourth-order valence-corrected chi connectivity index (χ4v) is 3.16. The monoisotopic (exact) mass is 276 g/mol. The molecule has 0 aromatic carbocycles. The summed E-state index contributed by atoms with van der Waals surface area (Å²) in [5, 5.41) is 3.47. The zero-order valence-corrected chi connectivity index (χ0v) is 12.8. The summed E-state index contributed by atoms with van der Waals surface area (Å²) in [6.07, 6.45) is 3.65. The number of hydrogen-bond acceptors (Lipinski definition) is 4. The van der Waals surface area contributed by atoms with Gasteiger partial charge in [-0.25, -0.2) is 8.42 Å². The lowest BCUT2D eigenvalue weighted by atomic mass is 10.0. The van der Waals surface area contributed by atoms with Gasteiger partial charge in [0, 0.05) is 30.9 Å².